The van der Waals surface area contributed by atoms with E-state index >= 15 is 0 Å². The van der Waals surface area contributed by atoms with Gasteiger partial charge >= 0.3 is 0 Å². The molecule has 0 saturated heterocycles. The van der Waals surface area contributed by atoms with Crippen molar-refractivity contribution in [3.8, 4) is 0 Å². The maximum atomic E-state index is 12.0. The summed E-state index contributed by atoms with van der Waals surface area (Å²) < 4.78 is 0. The zero-order chi connectivity index (χ0) is 15.1. The van der Waals surface area contributed by atoms with Gasteiger partial charge in [-0.15, -0.1) is 0 Å². The second-order valence-electron chi connectivity index (χ2n) is 5.72. The normalized spacial score (nSPS) is 14.9. The van der Waals surface area contributed by atoms with E-state index in [1.807, 2.05) is 25.1 Å². The fourth-order valence-electron chi connectivity index (χ4n) is 2.78. The molecule has 2 N–H and O–H groups in total. The first-order chi connectivity index (χ1) is 10.2. The van der Waals surface area contributed by atoms with Crippen molar-refractivity contribution in [2.75, 3.05) is 10.6 Å². The number of amides is 2. The average molecular weight is 288 g/mol. The van der Waals surface area contributed by atoms with Gasteiger partial charge in [0.2, 0.25) is 11.8 Å². The Balaban J connectivity index is 1.82. The third-order valence-corrected chi connectivity index (χ3v) is 4.01. The SMILES string of the molecule is CCC(=O)Nc1cccc(NC(=O)CCC2CCCC2)c1. The minimum atomic E-state index is -0.0280. The van der Waals surface area contributed by atoms with Gasteiger partial charge < -0.3 is 10.6 Å². The topological polar surface area (TPSA) is 58.2 Å². The zero-order valence-electron chi connectivity index (χ0n) is 12.7. The van der Waals surface area contributed by atoms with Gasteiger partial charge in [0.15, 0.2) is 0 Å². The first-order valence-electron chi connectivity index (χ1n) is 7.87. The summed E-state index contributed by atoms with van der Waals surface area (Å²) in [6.07, 6.45) is 7.17. The zero-order valence-corrected chi connectivity index (χ0v) is 12.7. The average Bonchev–Trinajstić information content (AvgIpc) is 2.98. The maximum absolute atomic E-state index is 12.0. The van der Waals surface area contributed by atoms with Crippen LogP contribution in [0.5, 0.6) is 0 Å². The summed E-state index contributed by atoms with van der Waals surface area (Å²) in [7, 11) is 0. The van der Waals surface area contributed by atoms with Crippen LogP contribution in [-0.2, 0) is 9.59 Å². The van der Waals surface area contributed by atoms with E-state index in [9.17, 15) is 9.59 Å². The molecule has 0 atom stereocenters. The molecule has 0 heterocycles. The molecule has 4 nitrogen and oxygen atoms in total. The summed E-state index contributed by atoms with van der Waals surface area (Å²) in [5.74, 6) is 0.756. The quantitative estimate of drug-likeness (QED) is 0.833. The van der Waals surface area contributed by atoms with E-state index in [-0.39, 0.29) is 11.8 Å². The van der Waals surface area contributed by atoms with Gasteiger partial charge in [-0.3, -0.25) is 9.59 Å². The Kier molecular flexibility index (Phi) is 5.78. The minimum Gasteiger partial charge on any atom is -0.326 e. The number of nitrogens with one attached hydrogen (secondary N) is 2. The Bertz CT molecular complexity index is 493. The lowest BCUT2D eigenvalue weighted by molar-refractivity contribution is -0.117. The second kappa shape index (κ2) is 7.81. The van der Waals surface area contributed by atoms with Crippen molar-refractivity contribution in [2.45, 2.75) is 51.9 Å². The standard InChI is InChI=1S/C17H24N2O2/c1-2-16(20)18-14-8-5-9-15(12-14)19-17(21)11-10-13-6-3-4-7-13/h5,8-9,12-13H,2-4,6-7,10-11H2,1H3,(H,18,20)(H,19,21). The molecule has 4 heteroatoms. The summed E-state index contributed by atoms with van der Waals surface area (Å²) in [6, 6.07) is 7.29. The Morgan fingerprint density at radius 1 is 1.10 bits per heavy atom. The summed E-state index contributed by atoms with van der Waals surface area (Å²) in [4.78, 5) is 23.3. The van der Waals surface area contributed by atoms with Gasteiger partial charge in [0.1, 0.15) is 0 Å². The number of anilines is 2. The largest absolute Gasteiger partial charge is 0.326 e. The molecule has 1 saturated carbocycles. The van der Waals surface area contributed by atoms with Crippen molar-refractivity contribution >= 4 is 23.2 Å². The monoisotopic (exact) mass is 288 g/mol. The van der Waals surface area contributed by atoms with Crippen LogP contribution >= 0.6 is 0 Å². The van der Waals surface area contributed by atoms with Crippen molar-refractivity contribution in [1.29, 1.82) is 0 Å². The highest BCUT2D eigenvalue weighted by Crippen LogP contribution is 2.28. The van der Waals surface area contributed by atoms with Crippen molar-refractivity contribution < 1.29 is 9.59 Å². The predicted molar refractivity (Wildman–Crippen MR) is 85.2 cm³/mol. The van der Waals surface area contributed by atoms with Crippen LogP contribution in [0.2, 0.25) is 0 Å². The van der Waals surface area contributed by atoms with Gasteiger partial charge in [-0.1, -0.05) is 38.7 Å². The molecule has 0 aliphatic heterocycles. The third-order valence-electron chi connectivity index (χ3n) is 4.01. The van der Waals surface area contributed by atoms with Gasteiger partial charge in [0, 0.05) is 24.2 Å². The van der Waals surface area contributed by atoms with Gasteiger partial charge in [-0.05, 0) is 30.5 Å². The molecule has 0 aromatic heterocycles. The van der Waals surface area contributed by atoms with Crippen molar-refractivity contribution in [3.05, 3.63) is 24.3 Å². The van der Waals surface area contributed by atoms with Crippen molar-refractivity contribution in [3.63, 3.8) is 0 Å². The van der Waals surface area contributed by atoms with Gasteiger partial charge in [0.25, 0.3) is 0 Å². The van der Waals surface area contributed by atoms with Crippen LogP contribution in [0.15, 0.2) is 24.3 Å². The van der Waals surface area contributed by atoms with E-state index in [1.165, 1.54) is 25.7 Å². The lowest BCUT2D eigenvalue weighted by atomic mass is 10.0. The van der Waals surface area contributed by atoms with Gasteiger partial charge in [-0.2, -0.15) is 0 Å². The molecule has 21 heavy (non-hydrogen) atoms. The molecule has 0 unspecified atom stereocenters. The molecular weight excluding hydrogens is 264 g/mol. The lowest BCUT2D eigenvalue weighted by Crippen LogP contribution is -2.13. The second-order valence-corrected chi connectivity index (χ2v) is 5.72. The molecule has 0 bridgehead atoms. The molecule has 1 aliphatic rings. The number of rotatable bonds is 6. The van der Waals surface area contributed by atoms with E-state index in [0.29, 0.717) is 12.8 Å². The molecular formula is C17H24N2O2. The highest BCUT2D eigenvalue weighted by Gasteiger charge is 2.16. The van der Waals surface area contributed by atoms with E-state index in [0.717, 1.165) is 23.7 Å². The van der Waals surface area contributed by atoms with Crippen LogP contribution in [0.1, 0.15) is 51.9 Å². The summed E-state index contributed by atoms with van der Waals surface area (Å²) in [6.45, 7) is 1.81. The number of carbonyl (C=O) groups is 2. The lowest BCUT2D eigenvalue weighted by Gasteiger charge is -2.10. The summed E-state index contributed by atoms with van der Waals surface area (Å²) >= 11 is 0. The number of hydrogen-bond acceptors (Lipinski definition) is 2. The molecule has 0 spiro atoms. The first-order valence-corrected chi connectivity index (χ1v) is 7.87. The van der Waals surface area contributed by atoms with Crippen LogP contribution in [0.3, 0.4) is 0 Å². The van der Waals surface area contributed by atoms with E-state index in [1.54, 1.807) is 6.07 Å². The highest BCUT2D eigenvalue weighted by atomic mass is 16.2. The fraction of sp³-hybridized carbons (Fsp3) is 0.529. The Hall–Kier alpha value is -1.84. The summed E-state index contributed by atoms with van der Waals surface area (Å²) in [5.41, 5.74) is 1.45. The molecule has 1 aliphatic carbocycles. The maximum Gasteiger partial charge on any atom is 0.224 e. The third kappa shape index (κ3) is 5.21. The molecule has 2 amide bonds. The van der Waals surface area contributed by atoms with E-state index in [4.69, 9.17) is 0 Å². The number of hydrogen-bond donors (Lipinski definition) is 2. The van der Waals surface area contributed by atoms with Crippen LogP contribution in [0, 0.1) is 5.92 Å². The van der Waals surface area contributed by atoms with Crippen LogP contribution in [-0.4, -0.2) is 11.8 Å². The van der Waals surface area contributed by atoms with Gasteiger partial charge in [0.05, 0.1) is 0 Å². The minimum absolute atomic E-state index is 0.0280. The first kappa shape index (κ1) is 15.5. The van der Waals surface area contributed by atoms with Gasteiger partial charge in [-0.25, -0.2) is 0 Å². The Labute approximate surface area is 126 Å². The predicted octanol–water partition coefficient (Wildman–Crippen LogP) is 3.94. The molecule has 1 fully saturated rings. The van der Waals surface area contributed by atoms with Crippen LogP contribution in [0.25, 0.3) is 0 Å². The van der Waals surface area contributed by atoms with Crippen LogP contribution in [0.4, 0.5) is 11.4 Å². The highest BCUT2D eigenvalue weighted by molar-refractivity contribution is 5.93. The molecule has 1 aromatic carbocycles. The number of benzene rings is 1. The Morgan fingerprint density at radius 3 is 2.33 bits per heavy atom. The number of carbonyl (C=O) groups excluding carboxylic acids is 2. The van der Waals surface area contributed by atoms with Crippen molar-refractivity contribution in [2.24, 2.45) is 5.92 Å². The molecule has 114 valence electrons. The smallest absolute Gasteiger partial charge is 0.224 e. The summed E-state index contributed by atoms with van der Waals surface area (Å²) in [5, 5.41) is 5.70. The van der Waals surface area contributed by atoms with E-state index in [2.05, 4.69) is 10.6 Å². The molecule has 0 radical (unpaired) electrons. The van der Waals surface area contributed by atoms with Crippen molar-refractivity contribution in [1.82, 2.24) is 0 Å². The fourth-order valence-corrected chi connectivity index (χ4v) is 2.78. The van der Waals surface area contributed by atoms with Crippen LogP contribution < -0.4 is 10.6 Å². The van der Waals surface area contributed by atoms with E-state index < -0.39 is 0 Å². The molecule has 2 rings (SSSR count). The molecule has 1 aromatic rings. The Morgan fingerprint density at radius 2 is 1.71 bits per heavy atom.